The van der Waals surface area contributed by atoms with E-state index in [1.165, 1.54) is 39.9 Å². The SMILES string of the molecule is COC(=O)N[C@H](C(=O)N1C[C@@H](C)C[C@H]1c1nc2ccc3cc(-c4ccc5c(ccc6nc([C@@H]7C[C@H](COCC8CCCC8)CN7C(=O)[C@@H](NC(=O)OC)C7CCOCC7)[nH]c65)c4)ccc3c2[nH]1)C(C)C. The summed E-state index contributed by atoms with van der Waals surface area (Å²) < 4.78 is 21.8. The lowest BCUT2D eigenvalue weighted by Crippen LogP contribution is -2.53. The molecule has 370 valence electrons. The van der Waals surface area contributed by atoms with Crippen LogP contribution in [0.15, 0.2) is 60.7 Å². The standard InChI is InChI=1S/C54H66N8O8/c1-30(2)45(59-53(65)67-4)51(63)61-26-31(3)22-43(61)49-55-41-16-12-37-24-35(10-14-39(37)47(41)57-49)36-11-15-40-38(25-36)13-17-42-48(40)58-50(56-42)44-23-33(29-70-28-32-8-6-7-9-32)27-62(44)52(64)46(60-54(66)68-5)34-18-20-69-21-19-34/h10-17,24-25,30-34,43-46H,6-9,18-23,26-29H2,1-5H3,(H,55,57)(H,56,58)(H,59,65)(H,60,66)/t31-,33-,43-,44-,45-,46-/m0/s1. The second kappa shape index (κ2) is 20.2. The Hall–Kier alpha value is -6.26. The third-order valence-electron chi connectivity index (χ3n) is 15.4. The van der Waals surface area contributed by atoms with E-state index in [0.717, 1.165) is 79.4 Å². The maximum atomic E-state index is 14.7. The minimum Gasteiger partial charge on any atom is -0.453 e. The minimum absolute atomic E-state index is 0.0760. The fourth-order valence-corrected chi connectivity index (χ4v) is 11.7. The molecule has 0 unspecified atom stereocenters. The summed E-state index contributed by atoms with van der Waals surface area (Å²) in [7, 11) is 2.62. The van der Waals surface area contributed by atoms with E-state index < -0.39 is 24.3 Å². The summed E-state index contributed by atoms with van der Waals surface area (Å²) in [6.45, 7) is 9.44. The number of hydrogen-bond donors (Lipinski definition) is 4. The topological polar surface area (TPSA) is 193 Å². The van der Waals surface area contributed by atoms with E-state index in [0.29, 0.717) is 58.1 Å². The van der Waals surface area contributed by atoms with Gasteiger partial charge in [-0.15, -0.1) is 0 Å². The van der Waals surface area contributed by atoms with E-state index in [2.05, 4.69) is 76.1 Å². The first-order valence-electron chi connectivity index (χ1n) is 25.3. The fraction of sp³-hybridized carbons (Fsp3) is 0.519. The Kier molecular flexibility index (Phi) is 13.7. The summed E-state index contributed by atoms with van der Waals surface area (Å²) in [5.41, 5.74) is 5.61. The number of amides is 4. The number of likely N-dealkylation sites (tertiary alicyclic amines) is 2. The van der Waals surface area contributed by atoms with E-state index in [9.17, 15) is 19.2 Å². The van der Waals surface area contributed by atoms with E-state index >= 15 is 0 Å². The van der Waals surface area contributed by atoms with Crippen molar-refractivity contribution in [3.8, 4) is 11.1 Å². The van der Waals surface area contributed by atoms with Gasteiger partial charge >= 0.3 is 12.2 Å². The number of rotatable bonds is 13. The van der Waals surface area contributed by atoms with Crippen molar-refractivity contribution in [3.05, 3.63) is 72.3 Å². The van der Waals surface area contributed by atoms with Crippen molar-refractivity contribution in [2.75, 3.05) is 53.7 Å². The number of nitrogens with one attached hydrogen (secondary N) is 4. The van der Waals surface area contributed by atoms with E-state index in [1.807, 2.05) is 35.8 Å². The maximum Gasteiger partial charge on any atom is 0.407 e. The summed E-state index contributed by atoms with van der Waals surface area (Å²) in [6, 6.07) is 19.2. The number of H-pyrrole nitrogens is 2. The number of carbonyl (C=O) groups is 4. The van der Waals surface area contributed by atoms with Gasteiger partial charge in [0.05, 0.1) is 55.0 Å². The van der Waals surface area contributed by atoms with Gasteiger partial charge in [0.1, 0.15) is 23.7 Å². The Morgan fingerprint density at radius 3 is 1.84 bits per heavy atom. The van der Waals surface area contributed by atoms with Crippen molar-refractivity contribution < 1.29 is 38.1 Å². The first-order valence-corrected chi connectivity index (χ1v) is 25.3. The van der Waals surface area contributed by atoms with Crippen LogP contribution in [-0.2, 0) is 28.5 Å². The van der Waals surface area contributed by atoms with Gasteiger partial charge in [-0.1, -0.05) is 70.0 Å². The van der Waals surface area contributed by atoms with Crippen molar-refractivity contribution in [2.45, 2.75) is 96.3 Å². The molecule has 1 aliphatic carbocycles. The Labute approximate surface area is 407 Å². The second-order valence-electron chi connectivity index (χ2n) is 20.6. The molecule has 16 heteroatoms. The highest BCUT2D eigenvalue weighted by atomic mass is 16.5. The first-order chi connectivity index (χ1) is 34.0. The summed E-state index contributed by atoms with van der Waals surface area (Å²) in [6.07, 6.45) is 6.49. The number of aromatic amines is 2. The zero-order chi connectivity index (χ0) is 48.6. The van der Waals surface area contributed by atoms with Gasteiger partial charge in [0.15, 0.2) is 0 Å². The normalized spacial score (nSPS) is 22.1. The molecule has 4 aliphatic rings. The van der Waals surface area contributed by atoms with Crippen LogP contribution in [0.3, 0.4) is 0 Å². The highest BCUT2D eigenvalue weighted by Gasteiger charge is 2.44. The number of fused-ring (bicyclic) bond motifs is 6. The number of carbonyl (C=O) groups excluding carboxylic acids is 4. The van der Waals surface area contributed by atoms with Gasteiger partial charge in [-0.2, -0.15) is 0 Å². The van der Waals surface area contributed by atoms with Crippen LogP contribution in [0.5, 0.6) is 0 Å². The quantitative estimate of drug-likeness (QED) is 0.0869. The van der Waals surface area contributed by atoms with Crippen molar-refractivity contribution in [1.29, 1.82) is 0 Å². The number of ether oxygens (including phenoxy) is 4. The van der Waals surface area contributed by atoms with Crippen molar-refractivity contribution >= 4 is 67.6 Å². The van der Waals surface area contributed by atoms with E-state index in [1.54, 1.807) is 0 Å². The van der Waals surface area contributed by atoms with Gasteiger partial charge < -0.3 is 49.3 Å². The van der Waals surface area contributed by atoms with E-state index in [4.69, 9.17) is 28.9 Å². The van der Waals surface area contributed by atoms with Crippen LogP contribution in [0, 0.1) is 29.6 Å². The highest BCUT2D eigenvalue weighted by molar-refractivity contribution is 6.07. The van der Waals surface area contributed by atoms with Crippen LogP contribution in [0.2, 0.25) is 0 Å². The second-order valence-corrected chi connectivity index (χ2v) is 20.6. The van der Waals surface area contributed by atoms with Crippen molar-refractivity contribution in [1.82, 2.24) is 40.4 Å². The van der Waals surface area contributed by atoms with Crippen LogP contribution in [0.25, 0.3) is 54.7 Å². The number of methoxy groups -OCH3 is 2. The zero-order valence-corrected chi connectivity index (χ0v) is 40.9. The number of alkyl carbamates (subject to hydrolysis) is 2. The molecule has 6 aromatic rings. The van der Waals surface area contributed by atoms with Gasteiger partial charge in [0.25, 0.3) is 0 Å². The summed E-state index contributed by atoms with van der Waals surface area (Å²) >= 11 is 0. The number of imidazole rings is 2. The minimum atomic E-state index is -0.746. The molecule has 6 atom stereocenters. The number of benzene rings is 4. The van der Waals surface area contributed by atoms with Crippen LogP contribution < -0.4 is 10.6 Å². The van der Waals surface area contributed by atoms with E-state index in [-0.39, 0.29) is 47.6 Å². The van der Waals surface area contributed by atoms with Crippen LogP contribution >= 0.6 is 0 Å². The molecule has 0 bridgehead atoms. The lowest BCUT2D eigenvalue weighted by Gasteiger charge is -2.34. The molecule has 10 rings (SSSR count). The van der Waals surface area contributed by atoms with Crippen LogP contribution in [0.1, 0.15) is 95.9 Å². The molecule has 4 N–H and O–H groups in total. The highest BCUT2D eigenvalue weighted by Crippen LogP contribution is 2.40. The molecule has 5 heterocycles. The Morgan fingerprint density at radius 1 is 0.700 bits per heavy atom. The molecular weight excluding hydrogens is 889 g/mol. The summed E-state index contributed by atoms with van der Waals surface area (Å²) in [5.74, 6) is 1.96. The van der Waals surface area contributed by atoms with Gasteiger partial charge in [0.2, 0.25) is 11.8 Å². The molecule has 1 saturated carbocycles. The molecule has 16 nitrogen and oxygen atoms in total. The van der Waals surface area contributed by atoms with Gasteiger partial charge in [0, 0.05) is 49.6 Å². The Morgan fingerprint density at radius 2 is 1.26 bits per heavy atom. The first kappa shape index (κ1) is 47.4. The molecule has 4 aromatic carbocycles. The lowest BCUT2D eigenvalue weighted by atomic mass is 9.90. The number of aromatic nitrogens is 4. The largest absolute Gasteiger partial charge is 0.453 e. The third kappa shape index (κ3) is 9.51. The Bertz CT molecular complexity index is 2900. The van der Waals surface area contributed by atoms with Crippen molar-refractivity contribution in [2.24, 2.45) is 29.6 Å². The maximum absolute atomic E-state index is 14.7. The molecular formula is C54H66N8O8. The van der Waals surface area contributed by atoms with Gasteiger partial charge in [-0.05, 0) is 108 Å². The number of hydrogen-bond acceptors (Lipinski definition) is 10. The average Bonchev–Trinajstić information content (AvgIpc) is 4.24. The summed E-state index contributed by atoms with van der Waals surface area (Å²) in [5, 5.41) is 9.82. The van der Waals surface area contributed by atoms with Gasteiger partial charge in [-0.25, -0.2) is 19.6 Å². The Balaban J connectivity index is 0.912. The van der Waals surface area contributed by atoms with Gasteiger partial charge in [-0.3, -0.25) is 9.59 Å². The molecule has 3 saturated heterocycles. The smallest absolute Gasteiger partial charge is 0.407 e. The molecule has 70 heavy (non-hydrogen) atoms. The third-order valence-corrected chi connectivity index (χ3v) is 15.4. The summed E-state index contributed by atoms with van der Waals surface area (Å²) in [4.78, 5) is 74.7. The van der Waals surface area contributed by atoms with Crippen molar-refractivity contribution in [3.63, 3.8) is 0 Å². The fourth-order valence-electron chi connectivity index (χ4n) is 11.7. The number of nitrogens with zero attached hydrogens (tertiary/aromatic N) is 4. The molecule has 4 fully saturated rings. The van der Waals surface area contributed by atoms with Crippen LogP contribution in [-0.4, -0.2) is 120 Å². The monoisotopic (exact) mass is 955 g/mol. The zero-order valence-electron chi connectivity index (χ0n) is 40.9. The molecule has 0 spiro atoms. The van der Waals surface area contributed by atoms with Crippen LogP contribution in [0.4, 0.5) is 9.59 Å². The molecule has 4 amide bonds. The predicted molar refractivity (Wildman–Crippen MR) is 267 cm³/mol. The predicted octanol–water partition coefficient (Wildman–Crippen LogP) is 8.95. The molecule has 3 aliphatic heterocycles. The lowest BCUT2D eigenvalue weighted by molar-refractivity contribution is -0.137. The molecule has 0 radical (unpaired) electrons. The average molecular weight is 955 g/mol. The molecule has 2 aromatic heterocycles.